The summed E-state index contributed by atoms with van der Waals surface area (Å²) in [6.07, 6.45) is -2.24. The number of hydrogen-bond donors (Lipinski definition) is 2. The first-order valence-electron chi connectivity index (χ1n) is 16.9. The summed E-state index contributed by atoms with van der Waals surface area (Å²) >= 11 is 19.4. The lowest BCUT2D eigenvalue weighted by atomic mass is 9.49. The Morgan fingerprint density at radius 3 is 2.26 bits per heavy atom. The Balaban J connectivity index is 1.29. The molecule has 2 aliphatic heterocycles. The minimum Gasteiger partial charge on any atom is -0.508 e. The van der Waals surface area contributed by atoms with E-state index in [9.17, 15) is 32.7 Å². The van der Waals surface area contributed by atoms with E-state index in [0.29, 0.717) is 39.0 Å². The van der Waals surface area contributed by atoms with E-state index in [-0.39, 0.29) is 41.9 Å². The van der Waals surface area contributed by atoms with E-state index >= 15 is 4.79 Å². The molecule has 0 unspecified atom stereocenters. The second-order valence-corrected chi connectivity index (χ2v) is 15.1. The standard InChI is InChI=1S/C39H28Cl3F3N4O5/c40-22-8-6-20(7-9-22)38-28(35(52)49(37(38)54)47-33-30(42)14-21(17-46-33)39(43,44)45)16-27-24(32(38)25-11-10-23(50)15-29(25)41)12-13-26-31(27)36(53)48(34(26)51)18-19-4-2-1-3-5-19/h1-12,14-15,17,26-28,31-32,50H,13,16,18H2,(H,46,47)/t26-,27+,28-,31-,32+,38+/m0/s1. The number of halogens is 6. The molecule has 4 aliphatic rings. The third-order valence-corrected chi connectivity index (χ3v) is 12.0. The lowest BCUT2D eigenvalue weighted by Gasteiger charge is -2.50. The van der Waals surface area contributed by atoms with Gasteiger partial charge in [-0.3, -0.25) is 29.5 Å². The number of carbonyl (C=O) groups excluding carboxylic acids is 4. The Labute approximate surface area is 321 Å². The van der Waals surface area contributed by atoms with Gasteiger partial charge in [-0.25, -0.2) is 4.98 Å². The van der Waals surface area contributed by atoms with E-state index in [4.69, 9.17) is 34.8 Å². The number of nitrogens with zero attached hydrogens (tertiary/aromatic N) is 3. The van der Waals surface area contributed by atoms with E-state index in [2.05, 4.69) is 10.4 Å². The van der Waals surface area contributed by atoms with Crippen LogP contribution in [0.2, 0.25) is 15.1 Å². The second kappa shape index (κ2) is 13.1. The van der Waals surface area contributed by atoms with Gasteiger partial charge in [-0.05, 0) is 65.8 Å². The van der Waals surface area contributed by atoms with Crippen LogP contribution < -0.4 is 5.43 Å². The zero-order valence-electron chi connectivity index (χ0n) is 27.9. The fraction of sp³-hybridized carbons (Fsp3) is 0.256. The number of rotatable bonds is 6. The minimum atomic E-state index is -4.75. The number of phenols is 1. The Bertz CT molecular complexity index is 2270. The molecule has 1 aromatic heterocycles. The highest BCUT2D eigenvalue weighted by atomic mass is 35.5. The molecule has 9 nitrogen and oxygen atoms in total. The van der Waals surface area contributed by atoms with Crippen LogP contribution in [0.1, 0.15) is 41.0 Å². The average molecular weight is 796 g/mol. The molecule has 276 valence electrons. The van der Waals surface area contributed by atoms with Crippen LogP contribution in [0.4, 0.5) is 19.0 Å². The van der Waals surface area contributed by atoms with Gasteiger partial charge < -0.3 is 5.11 Å². The van der Waals surface area contributed by atoms with Crippen LogP contribution in [-0.4, -0.2) is 43.6 Å². The Morgan fingerprint density at radius 2 is 1.59 bits per heavy atom. The number of imide groups is 2. The second-order valence-electron chi connectivity index (χ2n) is 13.9. The van der Waals surface area contributed by atoms with Crippen LogP contribution in [0.15, 0.2) is 96.7 Å². The van der Waals surface area contributed by atoms with E-state index in [1.165, 1.54) is 17.0 Å². The monoisotopic (exact) mass is 794 g/mol. The van der Waals surface area contributed by atoms with Crippen molar-refractivity contribution in [1.82, 2.24) is 14.9 Å². The number of likely N-dealkylation sites (tertiary alicyclic amines) is 1. The molecule has 6 atom stereocenters. The zero-order chi connectivity index (χ0) is 38.3. The zero-order valence-corrected chi connectivity index (χ0v) is 30.1. The van der Waals surface area contributed by atoms with Crippen molar-refractivity contribution < 1.29 is 37.5 Å². The molecule has 15 heteroatoms. The third kappa shape index (κ3) is 5.56. The molecule has 0 spiro atoms. The van der Waals surface area contributed by atoms with Crippen LogP contribution in [0.3, 0.4) is 0 Å². The molecule has 0 bridgehead atoms. The molecule has 2 saturated heterocycles. The van der Waals surface area contributed by atoms with E-state index in [1.807, 2.05) is 36.4 Å². The number of amides is 4. The Hall–Kier alpha value is -4.91. The summed E-state index contributed by atoms with van der Waals surface area (Å²) in [5, 5.41) is 11.0. The Morgan fingerprint density at radius 1 is 0.870 bits per heavy atom. The highest BCUT2D eigenvalue weighted by molar-refractivity contribution is 6.33. The van der Waals surface area contributed by atoms with Crippen molar-refractivity contribution in [3.63, 3.8) is 0 Å². The van der Waals surface area contributed by atoms with Gasteiger partial charge in [-0.15, -0.1) is 0 Å². The fourth-order valence-electron chi connectivity index (χ4n) is 8.86. The van der Waals surface area contributed by atoms with Crippen molar-refractivity contribution in [3.05, 3.63) is 134 Å². The number of hydrogen-bond acceptors (Lipinski definition) is 7. The lowest BCUT2D eigenvalue weighted by molar-refractivity contribution is -0.142. The summed E-state index contributed by atoms with van der Waals surface area (Å²) in [5.41, 5.74) is 1.83. The summed E-state index contributed by atoms with van der Waals surface area (Å²) in [6, 6.07) is 20.4. The number of pyridine rings is 1. The predicted octanol–water partition coefficient (Wildman–Crippen LogP) is 7.95. The van der Waals surface area contributed by atoms with Gasteiger partial charge in [0.1, 0.15) is 5.75 Å². The van der Waals surface area contributed by atoms with Gasteiger partial charge in [0.2, 0.25) is 11.8 Å². The Kier molecular flexibility index (Phi) is 8.78. The van der Waals surface area contributed by atoms with Crippen molar-refractivity contribution in [2.75, 3.05) is 5.43 Å². The molecule has 2 N–H and O–H groups in total. The van der Waals surface area contributed by atoms with Crippen molar-refractivity contribution in [2.24, 2.45) is 23.7 Å². The molecule has 54 heavy (non-hydrogen) atoms. The summed E-state index contributed by atoms with van der Waals surface area (Å²) in [6.45, 7) is 0.0644. The van der Waals surface area contributed by atoms with Crippen LogP contribution in [0, 0.1) is 23.7 Å². The van der Waals surface area contributed by atoms with E-state index in [1.54, 1.807) is 30.3 Å². The quantitative estimate of drug-likeness (QED) is 0.150. The summed E-state index contributed by atoms with van der Waals surface area (Å²) in [5.74, 6) is -7.31. The highest BCUT2D eigenvalue weighted by Gasteiger charge is 2.70. The van der Waals surface area contributed by atoms with Crippen LogP contribution >= 0.6 is 34.8 Å². The van der Waals surface area contributed by atoms with Crippen molar-refractivity contribution in [2.45, 2.75) is 36.9 Å². The number of benzene rings is 3. The molecule has 4 amide bonds. The number of nitrogens with one attached hydrogen (secondary N) is 1. The van der Waals surface area contributed by atoms with Gasteiger partial charge in [0.15, 0.2) is 5.82 Å². The first kappa shape index (κ1) is 36.1. The number of anilines is 1. The van der Waals surface area contributed by atoms with Gasteiger partial charge in [0, 0.05) is 22.2 Å². The van der Waals surface area contributed by atoms with Crippen LogP contribution in [0.25, 0.3) is 0 Å². The maximum atomic E-state index is 15.2. The predicted molar refractivity (Wildman–Crippen MR) is 192 cm³/mol. The van der Waals surface area contributed by atoms with Crippen LogP contribution in [0.5, 0.6) is 5.75 Å². The molecule has 4 aromatic rings. The number of hydrazine groups is 1. The SMILES string of the molecule is O=C1[C@H]2[C@H](CC=C3[C@H]2C[C@H]2C(=O)N(Nc4ncc(C(F)(F)F)cc4Cl)C(=O)[C@@]2(c2ccc(Cl)cc2)[C@H]3c2ccc(O)cc2Cl)C(=O)N1Cc1ccccc1. The summed E-state index contributed by atoms with van der Waals surface area (Å²) in [7, 11) is 0. The fourth-order valence-corrected chi connectivity index (χ4v) is 9.48. The number of carbonyl (C=O) groups is 4. The number of fused-ring (bicyclic) bond motifs is 4. The van der Waals surface area contributed by atoms with Crippen molar-refractivity contribution >= 4 is 64.2 Å². The van der Waals surface area contributed by atoms with Gasteiger partial charge in [0.25, 0.3) is 11.8 Å². The van der Waals surface area contributed by atoms with Crippen LogP contribution in [-0.2, 0) is 37.3 Å². The summed E-state index contributed by atoms with van der Waals surface area (Å²) < 4.78 is 40.4. The van der Waals surface area contributed by atoms with Crippen molar-refractivity contribution in [3.8, 4) is 5.75 Å². The number of aromatic hydroxyl groups is 1. The maximum Gasteiger partial charge on any atom is 0.417 e. The molecule has 0 radical (unpaired) electrons. The minimum absolute atomic E-state index is 0.0447. The first-order valence-corrected chi connectivity index (χ1v) is 18.1. The topological polar surface area (TPSA) is 120 Å². The maximum absolute atomic E-state index is 15.2. The van der Waals surface area contributed by atoms with E-state index in [0.717, 1.165) is 5.56 Å². The van der Waals surface area contributed by atoms with Gasteiger partial charge in [-0.1, -0.05) is 95.0 Å². The largest absolute Gasteiger partial charge is 0.508 e. The molecule has 3 aromatic carbocycles. The number of aromatic nitrogens is 1. The lowest BCUT2D eigenvalue weighted by Crippen LogP contribution is -2.53. The molecular formula is C39H28Cl3F3N4O5. The van der Waals surface area contributed by atoms with E-state index < -0.39 is 69.5 Å². The average Bonchev–Trinajstić information content (AvgIpc) is 3.50. The highest BCUT2D eigenvalue weighted by Crippen LogP contribution is 2.65. The number of phenolic OH excluding ortho intramolecular Hbond substituents is 1. The normalized spacial score (nSPS) is 26.4. The van der Waals surface area contributed by atoms with Gasteiger partial charge >= 0.3 is 6.18 Å². The molecular weight excluding hydrogens is 768 g/mol. The third-order valence-electron chi connectivity index (χ3n) is 11.1. The van der Waals surface area contributed by atoms with Crippen molar-refractivity contribution in [1.29, 1.82) is 0 Å². The molecule has 2 aliphatic carbocycles. The number of alkyl halides is 3. The van der Waals surface area contributed by atoms with Gasteiger partial charge in [-0.2, -0.15) is 18.2 Å². The molecule has 3 fully saturated rings. The summed E-state index contributed by atoms with van der Waals surface area (Å²) in [4.78, 5) is 63.3. The first-order chi connectivity index (χ1) is 25.7. The van der Waals surface area contributed by atoms with Gasteiger partial charge in [0.05, 0.1) is 40.3 Å². The molecule has 8 rings (SSSR count). The molecule has 3 heterocycles. The number of allylic oxidation sites excluding steroid dienone is 2. The smallest absolute Gasteiger partial charge is 0.417 e. The molecule has 1 saturated carbocycles.